The normalized spacial score (nSPS) is 14.6. The highest BCUT2D eigenvalue weighted by atomic mass is 32.2. The third kappa shape index (κ3) is 4.37. The zero-order valence-electron chi connectivity index (χ0n) is 11.3. The van der Waals surface area contributed by atoms with Crippen molar-refractivity contribution in [1.29, 1.82) is 0 Å². The molecule has 0 aromatic carbocycles. The molecule has 0 bridgehead atoms. The predicted octanol–water partition coefficient (Wildman–Crippen LogP) is 1.97. The number of carbonyl (C=O) groups excluding carboxylic acids is 2. The summed E-state index contributed by atoms with van der Waals surface area (Å²) in [6.07, 6.45) is -3.98. The lowest BCUT2D eigenvalue weighted by molar-refractivity contribution is -0.152. The van der Waals surface area contributed by atoms with Gasteiger partial charge in [0.25, 0.3) is 0 Å². The number of carbonyl (C=O) groups is 2. The van der Waals surface area contributed by atoms with Crippen LogP contribution in [-0.4, -0.2) is 36.5 Å². The summed E-state index contributed by atoms with van der Waals surface area (Å²) in [6.45, 7) is 5.09. The standard InChI is InChI=1S/C10H16F2O7S/c1-5-9(3,4)7(13)19-8(14)18-6(2)10(11,12)20(15,16)17/h6H,5H2,1-4H3,(H,15,16,17). The van der Waals surface area contributed by atoms with Crippen LogP contribution in [0.1, 0.15) is 34.1 Å². The van der Waals surface area contributed by atoms with Gasteiger partial charge in [0.05, 0.1) is 5.41 Å². The molecule has 20 heavy (non-hydrogen) atoms. The molecule has 10 heteroatoms. The molecule has 0 amide bonds. The second-order valence-corrected chi connectivity index (χ2v) is 6.17. The molecule has 0 aliphatic heterocycles. The summed E-state index contributed by atoms with van der Waals surface area (Å²) in [5.41, 5.74) is -1.03. The minimum Gasteiger partial charge on any atom is -0.423 e. The van der Waals surface area contributed by atoms with E-state index in [1.165, 1.54) is 13.8 Å². The highest BCUT2D eigenvalue weighted by Gasteiger charge is 2.52. The van der Waals surface area contributed by atoms with Crippen molar-refractivity contribution in [3.63, 3.8) is 0 Å². The topological polar surface area (TPSA) is 107 Å². The van der Waals surface area contributed by atoms with Gasteiger partial charge in [-0.2, -0.15) is 17.2 Å². The van der Waals surface area contributed by atoms with E-state index in [9.17, 15) is 26.8 Å². The van der Waals surface area contributed by atoms with Gasteiger partial charge in [0.2, 0.25) is 0 Å². The summed E-state index contributed by atoms with van der Waals surface area (Å²) in [4.78, 5) is 22.6. The number of alkyl halides is 2. The molecule has 0 aromatic rings. The number of esters is 1. The molecule has 118 valence electrons. The molecule has 0 aliphatic rings. The number of hydrogen-bond acceptors (Lipinski definition) is 6. The van der Waals surface area contributed by atoms with Crippen molar-refractivity contribution in [2.45, 2.75) is 45.5 Å². The van der Waals surface area contributed by atoms with Gasteiger partial charge in [0.15, 0.2) is 6.10 Å². The lowest BCUT2D eigenvalue weighted by atomic mass is 9.91. The van der Waals surface area contributed by atoms with Gasteiger partial charge in [-0.3, -0.25) is 9.35 Å². The average Bonchev–Trinajstić information content (AvgIpc) is 2.26. The van der Waals surface area contributed by atoms with E-state index in [4.69, 9.17) is 4.55 Å². The number of halogens is 2. The Kier molecular flexibility index (Phi) is 5.61. The Labute approximate surface area is 115 Å². The van der Waals surface area contributed by atoms with Gasteiger partial charge < -0.3 is 9.47 Å². The molecule has 0 heterocycles. The monoisotopic (exact) mass is 318 g/mol. The van der Waals surface area contributed by atoms with Crippen LogP contribution in [-0.2, 0) is 24.4 Å². The Hall–Kier alpha value is -1.29. The van der Waals surface area contributed by atoms with Gasteiger partial charge in [-0.15, -0.1) is 0 Å². The van der Waals surface area contributed by atoms with Crippen LogP contribution in [0.5, 0.6) is 0 Å². The van der Waals surface area contributed by atoms with Gasteiger partial charge in [0, 0.05) is 0 Å². The van der Waals surface area contributed by atoms with Crippen molar-refractivity contribution in [2.75, 3.05) is 0 Å². The van der Waals surface area contributed by atoms with Crippen LogP contribution in [0.2, 0.25) is 0 Å². The van der Waals surface area contributed by atoms with Crippen LogP contribution in [0.25, 0.3) is 0 Å². The van der Waals surface area contributed by atoms with Gasteiger partial charge in [-0.25, -0.2) is 4.79 Å². The van der Waals surface area contributed by atoms with E-state index in [0.29, 0.717) is 13.3 Å². The number of rotatable bonds is 5. The first-order valence-corrected chi connectivity index (χ1v) is 6.97. The zero-order valence-corrected chi connectivity index (χ0v) is 12.2. The van der Waals surface area contributed by atoms with Gasteiger partial charge in [-0.1, -0.05) is 6.92 Å². The molecule has 0 fully saturated rings. The van der Waals surface area contributed by atoms with Crippen LogP contribution in [0.15, 0.2) is 0 Å². The molecular weight excluding hydrogens is 302 g/mol. The van der Waals surface area contributed by atoms with Gasteiger partial charge in [-0.05, 0) is 27.2 Å². The van der Waals surface area contributed by atoms with E-state index in [1.54, 1.807) is 6.92 Å². The fourth-order valence-corrected chi connectivity index (χ4v) is 1.27. The van der Waals surface area contributed by atoms with E-state index in [1.807, 2.05) is 0 Å². The third-order valence-corrected chi connectivity index (χ3v) is 3.72. The average molecular weight is 318 g/mol. The first kappa shape index (κ1) is 18.7. The smallest absolute Gasteiger partial charge is 0.423 e. The van der Waals surface area contributed by atoms with Crippen LogP contribution >= 0.6 is 0 Å². The highest BCUT2D eigenvalue weighted by Crippen LogP contribution is 2.28. The largest absolute Gasteiger partial charge is 0.516 e. The van der Waals surface area contributed by atoms with Crippen molar-refractivity contribution in [1.82, 2.24) is 0 Å². The van der Waals surface area contributed by atoms with Gasteiger partial charge in [0.1, 0.15) is 0 Å². The predicted molar refractivity (Wildman–Crippen MR) is 62.6 cm³/mol. The Bertz CT molecular complexity index is 484. The number of ether oxygens (including phenoxy) is 2. The fraction of sp³-hybridized carbons (Fsp3) is 0.800. The Morgan fingerprint density at radius 1 is 1.30 bits per heavy atom. The molecule has 7 nitrogen and oxygen atoms in total. The minimum atomic E-state index is -5.76. The fourth-order valence-electron chi connectivity index (χ4n) is 0.805. The summed E-state index contributed by atoms with van der Waals surface area (Å²) in [6, 6.07) is 0. The molecule has 0 radical (unpaired) electrons. The molecule has 0 rings (SSSR count). The Balaban J connectivity index is 4.77. The van der Waals surface area contributed by atoms with Crippen LogP contribution < -0.4 is 0 Å². The zero-order chi connectivity index (χ0) is 16.4. The second-order valence-electron chi connectivity index (χ2n) is 4.67. The van der Waals surface area contributed by atoms with E-state index in [0.717, 1.165) is 0 Å². The molecule has 0 saturated heterocycles. The maximum atomic E-state index is 13.1. The van der Waals surface area contributed by atoms with Crippen molar-refractivity contribution in [2.24, 2.45) is 5.41 Å². The van der Waals surface area contributed by atoms with E-state index < -0.39 is 39.0 Å². The van der Waals surface area contributed by atoms with Crippen LogP contribution in [0, 0.1) is 5.41 Å². The minimum absolute atomic E-state index is 0.315. The molecule has 0 aromatic heterocycles. The summed E-state index contributed by atoms with van der Waals surface area (Å²) in [5, 5.41) is -4.71. The van der Waals surface area contributed by atoms with Crippen molar-refractivity contribution < 1.29 is 40.8 Å². The summed E-state index contributed by atoms with van der Waals surface area (Å²) in [5.74, 6) is -1.01. The third-order valence-electron chi connectivity index (χ3n) is 2.70. The number of hydrogen-bond donors (Lipinski definition) is 1. The maximum absolute atomic E-state index is 13.1. The first-order chi connectivity index (χ1) is 8.75. The van der Waals surface area contributed by atoms with E-state index >= 15 is 0 Å². The molecule has 1 unspecified atom stereocenters. The Morgan fingerprint density at radius 3 is 2.10 bits per heavy atom. The van der Waals surface area contributed by atoms with Crippen LogP contribution in [0.4, 0.5) is 13.6 Å². The lowest BCUT2D eigenvalue weighted by Crippen LogP contribution is -2.42. The highest BCUT2D eigenvalue weighted by molar-refractivity contribution is 7.86. The molecule has 1 N–H and O–H groups in total. The molecule has 0 aliphatic carbocycles. The molecule has 1 atom stereocenters. The molecule has 0 saturated carbocycles. The molecule has 0 spiro atoms. The quantitative estimate of drug-likeness (QED) is 0.469. The van der Waals surface area contributed by atoms with Gasteiger partial charge >= 0.3 is 27.5 Å². The maximum Gasteiger partial charge on any atom is 0.516 e. The summed E-state index contributed by atoms with van der Waals surface area (Å²) < 4.78 is 63.4. The molecular formula is C10H16F2O7S. The second kappa shape index (κ2) is 6.00. The van der Waals surface area contributed by atoms with Crippen LogP contribution in [0.3, 0.4) is 0 Å². The first-order valence-electron chi connectivity index (χ1n) is 5.53. The SMILES string of the molecule is CCC(C)(C)C(=O)OC(=O)OC(C)C(F)(F)S(=O)(=O)O. The van der Waals surface area contributed by atoms with Crippen molar-refractivity contribution in [3.05, 3.63) is 0 Å². The summed E-state index contributed by atoms with van der Waals surface area (Å²) >= 11 is 0. The lowest BCUT2D eigenvalue weighted by Gasteiger charge is -2.22. The van der Waals surface area contributed by atoms with Crippen molar-refractivity contribution >= 4 is 22.2 Å². The Morgan fingerprint density at radius 2 is 1.75 bits per heavy atom. The summed E-state index contributed by atoms with van der Waals surface area (Å²) in [7, 11) is -5.76. The van der Waals surface area contributed by atoms with E-state index in [2.05, 4.69) is 9.47 Å². The van der Waals surface area contributed by atoms with E-state index in [-0.39, 0.29) is 0 Å². The van der Waals surface area contributed by atoms with Crippen molar-refractivity contribution in [3.8, 4) is 0 Å².